The third-order valence-corrected chi connectivity index (χ3v) is 5.05. The summed E-state index contributed by atoms with van der Waals surface area (Å²) in [6.07, 6.45) is 2.11. The first-order valence-corrected chi connectivity index (χ1v) is 9.69. The quantitative estimate of drug-likeness (QED) is 0.474. The summed E-state index contributed by atoms with van der Waals surface area (Å²) < 4.78 is 8.21. The maximum Gasteiger partial charge on any atom is 0.282 e. The van der Waals surface area contributed by atoms with Crippen LogP contribution < -0.4 is 10.3 Å². The van der Waals surface area contributed by atoms with E-state index in [4.69, 9.17) is 16.3 Å². The molecule has 2 aromatic carbocycles. The highest BCUT2D eigenvalue weighted by Gasteiger charge is 2.11. The lowest BCUT2D eigenvalue weighted by atomic mass is 10.2. The monoisotopic (exact) mass is 497 g/mol. The molecule has 0 saturated heterocycles. The molecule has 26 heavy (non-hydrogen) atoms. The Morgan fingerprint density at radius 2 is 2.08 bits per heavy atom. The summed E-state index contributed by atoms with van der Waals surface area (Å²) >= 11 is 12.9. The lowest BCUT2D eigenvalue weighted by Gasteiger charge is -2.10. The molecule has 3 aromatic rings. The van der Waals surface area contributed by atoms with Crippen molar-refractivity contribution in [3.05, 3.63) is 66.0 Å². The Morgan fingerprint density at radius 1 is 1.31 bits per heavy atom. The molecule has 0 amide bonds. The Morgan fingerprint density at radius 3 is 2.77 bits per heavy atom. The van der Waals surface area contributed by atoms with Gasteiger partial charge < -0.3 is 4.74 Å². The molecular weight excluding hydrogens is 485 g/mol. The number of fused-ring (bicyclic) bond motifs is 1. The number of aryl methyl sites for hydroxylation is 1. The second kappa shape index (κ2) is 7.90. The Labute approximate surface area is 171 Å². The van der Waals surface area contributed by atoms with Crippen LogP contribution in [0.2, 0.25) is 5.02 Å². The Hall–Kier alpha value is -1.70. The van der Waals surface area contributed by atoms with E-state index in [9.17, 15) is 4.79 Å². The van der Waals surface area contributed by atoms with Gasteiger partial charge in [0.25, 0.3) is 5.56 Å². The van der Waals surface area contributed by atoms with Crippen LogP contribution in [0, 0.1) is 0 Å². The fourth-order valence-electron chi connectivity index (χ4n) is 2.55. The summed E-state index contributed by atoms with van der Waals surface area (Å²) in [5, 5.41) is 5.38. The maximum atomic E-state index is 12.9. The highest BCUT2D eigenvalue weighted by molar-refractivity contribution is 9.10. The molecule has 5 nitrogen and oxygen atoms in total. The van der Waals surface area contributed by atoms with Crippen LogP contribution in [-0.2, 0) is 6.42 Å². The number of nitrogens with zero attached hydrogens (tertiary/aromatic N) is 3. The molecule has 0 spiro atoms. The molecule has 134 valence electrons. The van der Waals surface area contributed by atoms with Crippen molar-refractivity contribution in [2.75, 3.05) is 7.11 Å². The summed E-state index contributed by atoms with van der Waals surface area (Å²) in [6, 6.07) is 8.86. The number of benzene rings is 2. The minimum atomic E-state index is -0.232. The van der Waals surface area contributed by atoms with Gasteiger partial charge in [0.2, 0.25) is 0 Å². The van der Waals surface area contributed by atoms with E-state index >= 15 is 0 Å². The van der Waals surface area contributed by atoms with E-state index in [1.165, 1.54) is 4.68 Å². The molecule has 0 unspecified atom stereocenters. The summed E-state index contributed by atoms with van der Waals surface area (Å²) in [7, 11) is 1.56. The first-order valence-electron chi connectivity index (χ1n) is 7.73. The molecule has 0 N–H and O–H groups in total. The first-order chi connectivity index (χ1) is 12.4. The van der Waals surface area contributed by atoms with E-state index in [1.807, 2.05) is 19.1 Å². The van der Waals surface area contributed by atoms with Crippen molar-refractivity contribution in [3.63, 3.8) is 0 Å². The maximum absolute atomic E-state index is 12.9. The van der Waals surface area contributed by atoms with Gasteiger partial charge in [0.05, 0.1) is 28.7 Å². The molecule has 0 atom stereocenters. The number of methoxy groups -OCH3 is 1. The number of ether oxygens (including phenoxy) is 1. The van der Waals surface area contributed by atoms with E-state index in [0.29, 0.717) is 44.0 Å². The minimum absolute atomic E-state index is 0.232. The van der Waals surface area contributed by atoms with E-state index in [1.54, 1.807) is 31.5 Å². The Balaban J connectivity index is 2.19. The van der Waals surface area contributed by atoms with Gasteiger partial charge in [0.1, 0.15) is 11.6 Å². The average molecular weight is 500 g/mol. The van der Waals surface area contributed by atoms with Crippen LogP contribution in [0.25, 0.3) is 10.9 Å². The Bertz CT molecular complexity index is 1080. The van der Waals surface area contributed by atoms with Gasteiger partial charge in [-0.25, -0.2) is 4.98 Å². The number of aromatic nitrogens is 2. The molecule has 0 saturated carbocycles. The van der Waals surface area contributed by atoms with E-state index in [-0.39, 0.29) is 5.56 Å². The van der Waals surface area contributed by atoms with Crippen LogP contribution in [0.1, 0.15) is 18.3 Å². The van der Waals surface area contributed by atoms with Crippen molar-refractivity contribution < 1.29 is 4.74 Å². The summed E-state index contributed by atoms with van der Waals surface area (Å²) in [5.41, 5.74) is 1.06. The molecule has 0 aliphatic heterocycles. The van der Waals surface area contributed by atoms with Gasteiger partial charge in [0.15, 0.2) is 0 Å². The van der Waals surface area contributed by atoms with Crippen molar-refractivity contribution in [2.45, 2.75) is 13.3 Å². The highest BCUT2D eigenvalue weighted by Crippen LogP contribution is 2.31. The zero-order valence-electron chi connectivity index (χ0n) is 14.0. The van der Waals surface area contributed by atoms with Crippen LogP contribution in [0.5, 0.6) is 5.75 Å². The van der Waals surface area contributed by atoms with Gasteiger partial charge in [-0.1, -0.05) is 34.5 Å². The van der Waals surface area contributed by atoms with E-state index in [2.05, 4.69) is 41.9 Å². The van der Waals surface area contributed by atoms with E-state index in [0.717, 1.165) is 4.47 Å². The van der Waals surface area contributed by atoms with Crippen molar-refractivity contribution >= 4 is 60.6 Å². The summed E-state index contributed by atoms with van der Waals surface area (Å²) in [6.45, 7) is 1.93. The zero-order chi connectivity index (χ0) is 18.8. The molecule has 1 heterocycles. The molecule has 0 radical (unpaired) electrons. The van der Waals surface area contributed by atoms with Crippen molar-refractivity contribution in [2.24, 2.45) is 5.10 Å². The normalized spacial score (nSPS) is 11.4. The summed E-state index contributed by atoms with van der Waals surface area (Å²) in [5.74, 6) is 1.15. The van der Waals surface area contributed by atoms with Crippen molar-refractivity contribution in [1.29, 1.82) is 0 Å². The molecule has 8 heteroatoms. The predicted molar refractivity (Wildman–Crippen MR) is 112 cm³/mol. The van der Waals surface area contributed by atoms with Crippen LogP contribution in [0.3, 0.4) is 0 Å². The van der Waals surface area contributed by atoms with Gasteiger partial charge in [-0.2, -0.15) is 9.78 Å². The average Bonchev–Trinajstić information content (AvgIpc) is 2.60. The van der Waals surface area contributed by atoms with Gasteiger partial charge in [0, 0.05) is 21.5 Å². The van der Waals surface area contributed by atoms with Gasteiger partial charge >= 0.3 is 0 Å². The topological polar surface area (TPSA) is 56.5 Å². The third kappa shape index (κ3) is 3.70. The molecule has 0 aliphatic carbocycles. The van der Waals surface area contributed by atoms with Crippen molar-refractivity contribution in [3.8, 4) is 5.75 Å². The van der Waals surface area contributed by atoms with Crippen LogP contribution in [0.15, 0.2) is 49.2 Å². The summed E-state index contributed by atoms with van der Waals surface area (Å²) in [4.78, 5) is 17.4. The molecule has 0 aliphatic rings. The SMILES string of the molecule is CCc1nc2ccc(Br)cc2c(=O)n1N=Cc1cc(Cl)cc(Br)c1OC. The number of rotatable bonds is 4. The standard InChI is InChI=1S/C18H14Br2ClN3O2/c1-3-16-23-15-5-4-11(19)7-13(15)18(25)24(16)22-9-10-6-12(21)8-14(20)17(10)26-2/h4-9H,3H2,1-2H3. The van der Waals surface area contributed by atoms with E-state index < -0.39 is 0 Å². The highest BCUT2D eigenvalue weighted by atomic mass is 79.9. The second-order valence-corrected chi connectivity index (χ2v) is 7.62. The molecule has 3 rings (SSSR count). The number of hydrogen-bond donors (Lipinski definition) is 0. The first kappa shape index (κ1) is 19.1. The van der Waals surface area contributed by atoms with Gasteiger partial charge in [-0.15, -0.1) is 0 Å². The lowest BCUT2D eigenvalue weighted by molar-refractivity contribution is 0.411. The third-order valence-electron chi connectivity index (χ3n) is 3.75. The fourth-order valence-corrected chi connectivity index (χ4v) is 3.91. The largest absolute Gasteiger partial charge is 0.495 e. The fraction of sp³-hybridized carbons (Fsp3) is 0.167. The molecular formula is C18H14Br2ClN3O2. The minimum Gasteiger partial charge on any atom is -0.495 e. The zero-order valence-corrected chi connectivity index (χ0v) is 17.9. The van der Waals surface area contributed by atoms with Crippen LogP contribution in [0.4, 0.5) is 0 Å². The molecule has 1 aromatic heterocycles. The predicted octanol–water partition coefficient (Wildman–Crippen LogP) is 5.03. The number of hydrogen-bond acceptors (Lipinski definition) is 4. The second-order valence-electron chi connectivity index (χ2n) is 5.41. The van der Waals surface area contributed by atoms with Crippen molar-refractivity contribution in [1.82, 2.24) is 9.66 Å². The van der Waals surface area contributed by atoms with Gasteiger partial charge in [-0.05, 0) is 46.3 Å². The molecule has 0 bridgehead atoms. The Kier molecular flexibility index (Phi) is 5.79. The smallest absolute Gasteiger partial charge is 0.282 e. The molecule has 0 fully saturated rings. The number of halogens is 3. The van der Waals surface area contributed by atoms with Gasteiger partial charge in [-0.3, -0.25) is 4.79 Å². The lowest BCUT2D eigenvalue weighted by Crippen LogP contribution is -2.22. The van der Waals surface area contributed by atoms with Crippen LogP contribution >= 0.6 is 43.5 Å². The van der Waals surface area contributed by atoms with Crippen LogP contribution in [-0.4, -0.2) is 23.0 Å².